The summed E-state index contributed by atoms with van der Waals surface area (Å²) in [6.07, 6.45) is 2.14. The molecule has 0 atom stereocenters. The van der Waals surface area contributed by atoms with Crippen LogP contribution in [0.15, 0.2) is 34.6 Å². The summed E-state index contributed by atoms with van der Waals surface area (Å²) >= 11 is 1.62. The highest BCUT2D eigenvalue weighted by Gasteiger charge is 2.44. The molecule has 1 aliphatic carbocycles. The van der Waals surface area contributed by atoms with E-state index in [9.17, 15) is 4.39 Å². The number of nitrogens with zero attached hydrogens (tertiary/aromatic N) is 3. The summed E-state index contributed by atoms with van der Waals surface area (Å²) in [5.74, 6) is 0.601. The van der Waals surface area contributed by atoms with E-state index in [-0.39, 0.29) is 35.2 Å². The molecule has 2 aromatic rings. The highest BCUT2D eigenvalue weighted by molar-refractivity contribution is 14.0. The Balaban J connectivity index is 0.00000261. The summed E-state index contributed by atoms with van der Waals surface area (Å²) in [6.45, 7) is 4.12. The summed E-state index contributed by atoms with van der Waals surface area (Å²) in [7, 11) is 3.97. The number of nitrogens with one attached hydrogen (secondary N) is 2. The molecule has 0 unspecified atom stereocenters. The maximum absolute atomic E-state index is 13.5. The third-order valence-electron chi connectivity index (χ3n) is 4.55. The summed E-state index contributed by atoms with van der Waals surface area (Å²) in [4.78, 5) is 11.2. The normalized spacial score (nSPS) is 15.0. The summed E-state index contributed by atoms with van der Waals surface area (Å²) in [5, 5.41) is 9.72. The van der Waals surface area contributed by atoms with Crippen molar-refractivity contribution in [3.8, 4) is 0 Å². The van der Waals surface area contributed by atoms with Gasteiger partial charge in [0.05, 0.1) is 12.2 Å². The molecule has 1 saturated carbocycles. The average Bonchev–Trinajstić information content (AvgIpc) is 3.26. The quantitative estimate of drug-likeness (QED) is 0.344. The van der Waals surface area contributed by atoms with E-state index in [0.29, 0.717) is 6.54 Å². The zero-order valence-corrected chi connectivity index (χ0v) is 19.1. The summed E-state index contributed by atoms with van der Waals surface area (Å²) in [6, 6.07) is 6.94. The van der Waals surface area contributed by atoms with Gasteiger partial charge in [0.1, 0.15) is 5.82 Å². The van der Waals surface area contributed by atoms with Crippen molar-refractivity contribution in [3.05, 3.63) is 46.7 Å². The second-order valence-corrected chi connectivity index (χ2v) is 7.69. The number of guanidine groups is 1. The maximum atomic E-state index is 13.5. The Morgan fingerprint density at radius 2 is 2.11 bits per heavy atom. The van der Waals surface area contributed by atoms with E-state index in [2.05, 4.69) is 20.6 Å². The average molecular weight is 503 g/mol. The molecule has 0 saturated heterocycles. The first kappa shape index (κ1) is 21.9. The van der Waals surface area contributed by atoms with Gasteiger partial charge in [-0.3, -0.25) is 0 Å². The Kier molecular flexibility index (Phi) is 7.84. The van der Waals surface area contributed by atoms with Crippen LogP contribution in [0.4, 0.5) is 9.52 Å². The lowest BCUT2D eigenvalue weighted by molar-refractivity contribution is 0.607. The van der Waals surface area contributed by atoms with Crippen LogP contribution < -0.4 is 15.5 Å². The number of benzene rings is 1. The van der Waals surface area contributed by atoms with Gasteiger partial charge in [-0.1, -0.05) is 12.1 Å². The zero-order chi connectivity index (χ0) is 18.6. The van der Waals surface area contributed by atoms with E-state index >= 15 is 0 Å². The monoisotopic (exact) mass is 503 g/mol. The SMILES string of the molecule is CCNC(=NCc1csc(N(C)C)n1)NCC1(c2cccc(F)c2)CC1.I. The fraction of sp³-hybridized carbons (Fsp3) is 0.474. The predicted octanol–water partition coefficient (Wildman–Crippen LogP) is 3.75. The minimum atomic E-state index is -0.172. The van der Waals surface area contributed by atoms with Gasteiger partial charge in [-0.15, -0.1) is 35.3 Å². The standard InChI is InChI=1S/C19H26FN5S.HI/c1-4-21-17(22-11-16-12-26-18(24-16)25(2)3)23-13-19(8-9-19)14-6-5-7-15(20)10-14;/h5-7,10,12H,4,8-9,11,13H2,1-3H3,(H2,21,22,23);1H. The molecule has 0 aliphatic heterocycles. The van der Waals surface area contributed by atoms with Crippen molar-refractivity contribution in [2.75, 3.05) is 32.1 Å². The van der Waals surface area contributed by atoms with Gasteiger partial charge >= 0.3 is 0 Å². The van der Waals surface area contributed by atoms with Crippen molar-refractivity contribution >= 4 is 46.4 Å². The van der Waals surface area contributed by atoms with Crippen molar-refractivity contribution in [1.82, 2.24) is 15.6 Å². The Labute approximate surface area is 181 Å². The van der Waals surface area contributed by atoms with Crippen LogP contribution in [0.2, 0.25) is 0 Å². The van der Waals surface area contributed by atoms with Gasteiger partial charge in [0.25, 0.3) is 0 Å². The van der Waals surface area contributed by atoms with Crippen LogP contribution in [-0.2, 0) is 12.0 Å². The van der Waals surface area contributed by atoms with Crippen molar-refractivity contribution in [2.45, 2.75) is 31.7 Å². The van der Waals surface area contributed by atoms with Gasteiger partial charge in [0.2, 0.25) is 0 Å². The van der Waals surface area contributed by atoms with E-state index in [1.54, 1.807) is 23.5 Å². The van der Waals surface area contributed by atoms with Gasteiger partial charge in [-0.25, -0.2) is 14.4 Å². The lowest BCUT2D eigenvalue weighted by atomic mass is 9.96. The molecule has 2 N–H and O–H groups in total. The molecule has 3 rings (SSSR count). The van der Waals surface area contributed by atoms with Gasteiger partial charge < -0.3 is 15.5 Å². The minimum Gasteiger partial charge on any atom is -0.357 e. The van der Waals surface area contributed by atoms with Gasteiger partial charge in [-0.05, 0) is 37.5 Å². The largest absolute Gasteiger partial charge is 0.357 e. The molecule has 0 amide bonds. The second kappa shape index (κ2) is 9.68. The van der Waals surface area contributed by atoms with E-state index < -0.39 is 0 Å². The number of hydrogen-bond donors (Lipinski definition) is 2. The molecule has 148 valence electrons. The van der Waals surface area contributed by atoms with E-state index in [1.165, 1.54) is 6.07 Å². The summed E-state index contributed by atoms with van der Waals surface area (Å²) in [5.41, 5.74) is 2.05. The van der Waals surface area contributed by atoms with E-state index in [1.807, 2.05) is 37.4 Å². The van der Waals surface area contributed by atoms with E-state index in [0.717, 1.165) is 48.3 Å². The van der Waals surface area contributed by atoms with Crippen molar-refractivity contribution in [2.24, 2.45) is 4.99 Å². The number of aromatic nitrogens is 1. The van der Waals surface area contributed by atoms with Crippen LogP contribution >= 0.6 is 35.3 Å². The van der Waals surface area contributed by atoms with Crippen LogP contribution in [0.5, 0.6) is 0 Å². The number of hydrogen-bond acceptors (Lipinski definition) is 4. The minimum absolute atomic E-state index is 0. The van der Waals surface area contributed by atoms with Gasteiger partial charge in [0, 0.05) is 38.0 Å². The fourth-order valence-corrected chi connectivity index (χ4v) is 3.62. The molecule has 8 heteroatoms. The first-order chi connectivity index (χ1) is 12.5. The molecule has 5 nitrogen and oxygen atoms in total. The molecule has 1 aromatic carbocycles. The Hall–Kier alpha value is -1.42. The molecule has 1 fully saturated rings. The lowest BCUT2D eigenvalue weighted by Gasteiger charge is -2.19. The molecular weight excluding hydrogens is 476 g/mol. The van der Waals surface area contributed by atoms with Crippen LogP contribution in [-0.4, -0.2) is 38.1 Å². The highest BCUT2D eigenvalue weighted by atomic mass is 127. The Morgan fingerprint density at radius 1 is 1.33 bits per heavy atom. The smallest absolute Gasteiger partial charge is 0.191 e. The third-order valence-corrected chi connectivity index (χ3v) is 5.61. The molecule has 0 spiro atoms. The number of anilines is 1. The molecular formula is C19H27FIN5S. The van der Waals surface area contributed by atoms with Crippen molar-refractivity contribution in [3.63, 3.8) is 0 Å². The van der Waals surface area contributed by atoms with Crippen LogP contribution in [0.3, 0.4) is 0 Å². The maximum Gasteiger partial charge on any atom is 0.191 e. The van der Waals surface area contributed by atoms with Crippen LogP contribution in [0.1, 0.15) is 31.0 Å². The van der Waals surface area contributed by atoms with Gasteiger partial charge in [0.15, 0.2) is 11.1 Å². The predicted molar refractivity (Wildman–Crippen MR) is 122 cm³/mol. The molecule has 0 bridgehead atoms. The van der Waals surface area contributed by atoms with E-state index in [4.69, 9.17) is 0 Å². The molecule has 0 radical (unpaired) electrons. The van der Waals surface area contributed by atoms with Crippen LogP contribution in [0.25, 0.3) is 0 Å². The summed E-state index contributed by atoms with van der Waals surface area (Å²) < 4.78 is 13.5. The molecule has 27 heavy (non-hydrogen) atoms. The lowest BCUT2D eigenvalue weighted by Crippen LogP contribution is -2.41. The fourth-order valence-electron chi connectivity index (χ4n) is 2.87. The first-order valence-electron chi connectivity index (χ1n) is 8.92. The Bertz CT molecular complexity index is 773. The number of halogens is 2. The first-order valence-corrected chi connectivity index (χ1v) is 9.80. The Morgan fingerprint density at radius 3 is 2.70 bits per heavy atom. The van der Waals surface area contributed by atoms with Crippen molar-refractivity contribution < 1.29 is 4.39 Å². The molecule has 1 heterocycles. The van der Waals surface area contributed by atoms with Gasteiger partial charge in [-0.2, -0.15) is 0 Å². The number of aliphatic imine (C=N–C) groups is 1. The number of rotatable bonds is 7. The molecule has 1 aromatic heterocycles. The molecule has 1 aliphatic rings. The zero-order valence-electron chi connectivity index (χ0n) is 16.0. The van der Waals surface area contributed by atoms with Crippen LogP contribution in [0, 0.1) is 5.82 Å². The third kappa shape index (κ3) is 5.78. The second-order valence-electron chi connectivity index (χ2n) is 6.86. The topological polar surface area (TPSA) is 52.6 Å². The van der Waals surface area contributed by atoms with Crippen molar-refractivity contribution in [1.29, 1.82) is 0 Å². The number of thiazole rings is 1. The highest BCUT2D eigenvalue weighted by Crippen LogP contribution is 2.47.